The molecule has 2 fully saturated rings. The molecule has 2 aliphatic carbocycles. The van der Waals surface area contributed by atoms with E-state index in [2.05, 4.69) is 81.5 Å². The molecule has 0 aromatic heterocycles. The first-order valence-electron chi connectivity index (χ1n) is 11.4. The monoisotopic (exact) mass is 574 g/mol. The van der Waals surface area contributed by atoms with Gasteiger partial charge < -0.3 is 0 Å². The predicted molar refractivity (Wildman–Crippen MR) is 128 cm³/mol. The zero-order chi connectivity index (χ0) is 21.1. The van der Waals surface area contributed by atoms with Crippen molar-refractivity contribution >= 4 is 28.5 Å². The van der Waals surface area contributed by atoms with Crippen LogP contribution in [-0.2, 0) is 35.8 Å². The fourth-order valence-corrected chi connectivity index (χ4v) is 4.55. The molecule has 0 bridgehead atoms. The minimum atomic E-state index is 0.866. The van der Waals surface area contributed by atoms with E-state index in [1.807, 2.05) is 0 Å². The van der Waals surface area contributed by atoms with Crippen LogP contribution in [0.3, 0.4) is 0 Å². The fraction of sp³-hybridized carbons (Fsp3) is 0.357. The van der Waals surface area contributed by atoms with Crippen molar-refractivity contribution in [1.82, 2.24) is 0 Å². The van der Waals surface area contributed by atoms with Gasteiger partial charge in [0.1, 0.15) is 0 Å². The van der Waals surface area contributed by atoms with E-state index >= 15 is 0 Å². The van der Waals surface area contributed by atoms with Gasteiger partial charge in [-0.25, -0.2) is 0 Å². The molecular formula is C28H30HfSi. The third-order valence-electron chi connectivity index (χ3n) is 6.54. The third kappa shape index (κ3) is 4.80. The van der Waals surface area contributed by atoms with Crippen molar-refractivity contribution in [3.05, 3.63) is 82.9 Å². The maximum atomic E-state index is 3.11. The van der Waals surface area contributed by atoms with Gasteiger partial charge in [0.05, 0.1) is 0 Å². The van der Waals surface area contributed by atoms with Crippen LogP contribution in [-0.4, -0.2) is 6.94 Å². The van der Waals surface area contributed by atoms with Gasteiger partial charge in [-0.15, -0.1) is 69.1 Å². The number of rotatable bonds is 4. The summed E-state index contributed by atoms with van der Waals surface area (Å²) in [5.41, 5.74) is 6.13. The standard InChI is InChI=1S/2C14H15.Hf.Si/c2*1-2-10-8-12-4-3-5-13(11-6-7-11)14(12)9-10;;/h2*3-5,8-9,11H,2,6-7H2,1H3;;/q2*-1;+2;. The summed E-state index contributed by atoms with van der Waals surface area (Å²) in [6, 6.07) is 22.9. The van der Waals surface area contributed by atoms with E-state index in [4.69, 9.17) is 0 Å². The second-order valence-corrected chi connectivity index (χ2v) is 8.68. The summed E-state index contributed by atoms with van der Waals surface area (Å²) in [5.74, 6) is 1.73. The summed E-state index contributed by atoms with van der Waals surface area (Å²) in [6.45, 7) is 7.57. The van der Waals surface area contributed by atoms with E-state index < -0.39 is 0 Å². The molecule has 2 saturated carbocycles. The fourth-order valence-electron chi connectivity index (χ4n) is 4.55. The molecule has 0 N–H and O–H groups in total. The summed E-state index contributed by atoms with van der Waals surface area (Å²) >= 11 is 1.11. The number of aryl methyl sites for hydroxylation is 2. The molecule has 6 rings (SSSR count). The summed E-state index contributed by atoms with van der Waals surface area (Å²) < 4.78 is 0. The van der Waals surface area contributed by atoms with Gasteiger partial charge >= 0.3 is 29.9 Å². The van der Waals surface area contributed by atoms with Gasteiger partial charge in [-0.2, -0.15) is 12.1 Å². The van der Waals surface area contributed by atoms with Crippen LogP contribution in [0.25, 0.3) is 21.5 Å². The molecule has 30 heavy (non-hydrogen) atoms. The zero-order valence-electron chi connectivity index (χ0n) is 18.2. The number of hydrogen-bond acceptors (Lipinski definition) is 0. The molecule has 0 amide bonds. The molecule has 2 radical (unpaired) electrons. The zero-order valence-corrected chi connectivity index (χ0v) is 22.8. The first kappa shape index (κ1) is 22.0. The van der Waals surface area contributed by atoms with E-state index in [-0.39, 0.29) is 0 Å². The SMILES string of the molecule is CCc1cc2c(C3CC3)cccc2[cH-]1.CCc1cc2c(C3CC3)cccc2[cH-]1.[Si]=[Hf+2]. The Bertz CT molecular complexity index is 1030. The van der Waals surface area contributed by atoms with Gasteiger partial charge in [-0.1, -0.05) is 37.1 Å². The Morgan fingerprint density at radius 3 is 1.47 bits per heavy atom. The van der Waals surface area contributed by atoms with Crippen molar-refractivity contribution < 1.29 is 23.0 Å². The molecule has 4 aromatic carbocycles. The Balaban J connectivity index is 0.000000134. The van der Waals surface area contributed by atoms with Crippen LogP contribution in [0.5, 0.6) is 0 Å². The van der Waals surface area contributed by atoms with Crippen molar-refractivity contribution in [1.29, 1.82) is 0 Å². The van der Waals surface area contributed by atoms with Crippen molar-refractivity contribution in [3.63, 3.8) is 0 Å². The van der Waals surface area contributed by atoms with Crippen LogP contribution in [0.2, 0.25) is 0 Å². The summed E-state index contributed by atoms with van der Waals surface area (Å²) in [5, 5.41) is 5.89. The summed E-state index contributed by atoms with van der Waals surface area (Å²) in [4.78, 5) is 0. The second-order valence-electron chi connectivity index (χ2n) is 8.68. The molecule has 150 valence electrons. The van der Waals surface area contributed by atoms with Crippen LogP contribution in [0, 0.1) is 0 Å². The van der Waals surface area contributed by atoms with Crippen LogP contribution in [0.1, 0.15) is 73.6 Å². The average Bonchev–Trinajstić information content (AvgIpc) is 3.72. The van der Waals surface area contributed by atoms with Gasteiger partial charge in [0.15, 0.2) is 0 Å². The van der Waals surface area contributed by atoms with Gasteiger partial charge in [0.2, 0.25) is 0 Å². The predicted octanol–water partition coefficient (Wildman–Crippen LogP) is 7.61. The van der Waals surface area contributed by atoms with E-state index in [1.165, 1.54) is 58.4 Å². The van der Waals surface area contributed by atoms with Crippen LogP contribution < -0.4 is 0 Å². The number of fused-ring (bicyclic) bond motifs is 2. The molecule has 0 heterocycles. The van der Waals surface area contributed by atoms with Crippen molar-refractivity contribution in [2.45, 2.75) is 64.2 Å². The van der Waals surface area contributed by atoms with Crippen molar-refractivity contribution in [2.24, 2.45) is 0 Å². The molecule has 2 aliphatic rings. The quantitative estimate of drug-likeness (QED) is 0.174. The number of hydrogen-bond donors (Lipinski definition) is 0. The molecule has 0 aliphatic heterocycles. The van der Waals surface area contributed by atoms with E-state index in [0.29, 0.717) is 0 Å². The average molecular weight is 573 g/mol. The molecule has 0 spiro atoms. The Hall–Kier alpha value is -1.25. The van der Waals surface area contributed by atoms with Gasteiger partial charge in [-0.05, 0) is 50.4 Å². The molecule has 0 saturated heterocycles. The molecule has 0 nitrogen and oxygen atoms in total. The van der Waals surface area contributed by atoms with Crippen molar-refractivity contribution in [2.75, 3.05) is 0 Å². The van der Waals surface area contributed by atoms with Crippen LogP contribution in [0.4, 0.5) is 0 Å². The molecular weight excluding hydrogens is 543 g/mol. The third-order valence-corrected chi connectivity index (χ3v) is 6.54. The molecule has 2 heteroatoms. The van der Waals surface area contributed by atoms with Gasteiger partial charge in [-0.3, -0.25) is 0 Å². The van der Waals surface area contributed by atoms with Crippen LogP contribution >= 0.6 is 0 Å². The normalized spacial score (nSPS) is 15.5. The Kier molecular flexibility index (Phi) is 7.26. The topological polar surface area (TPSA) is 0 Å². The Morgan fingerprint density at radius 2 is 1.13 bits per heavy atom. The van der Waals surface area contributed by atoms with Gasteiger partial charge in [0.25, 0.3) is 0 Å². The van der Waals surface area contributed by atoms with Gasteiger partial charge in [0, 0.05) is 0 Å². The number of benzene rings is 2. The molecule has 0 atom stereocenters. The first-order valence-corrected chi connectivity index (χ1v) is 17.3. The minimum absolute atomic E-state index is 0.866. The van der Waals surface area contributed by atoms with E-state index in [9.17, 15) is 0 Å². The van der Waals surface area contributed by atoms with Crippen LogP contribution in [0.15, 0.2) is 60.7 Å². The van der Waals surface area contributed by atoms with E-state index in [0.717, 1.165) is 47.7 Å². The molecule has 4 aromatic rings. The Morgan fingerprint density at radius 1 is 0.733 bits per heavy atom. The Labute approximate surface area is 197 Å². The molecule has 0 unspecified atom stereocenters. The second kappa shape index (κ2) is 9.91. The summed E-state index contributed by atoms with van der Waals surface area (Å²) in [6.07, 6.45) is 7.88. The first-order chi connectivity index (χ1) is 14.8. The van der Waals surface area contributed by atoms with Crippen molar-refractivity contribution in [3.8, 4) is 0 Å². The maximum absolute atomic E-state index is 3.11. The van der Waals surface area contributed by atoms with E-state index in [1.54, 1.807) is 11.1 Å². The summed E-state index contributed by atoms with van der Waals surface area (Å²) in [7, 11) is 0.